The van der Waals surface area contributed by atoms with Crippen molar-refractivity contribution in [3.63, 3.8) is 0 Å². The first-order valence-corrected chi connectivity index (χ1v) is 4.75. The summed E-state index contributed by atoms with van der Waals surface area (Å²) in [6.07, 6.45) is -4.61. The van der Waals surface area contributed by atoms with E-state index < -0.39 is 24.4 Å². The number of nitrogens with one attached hydrogen (secondary N) is 1. The Morgan fingerprint density at radius 1 is 1.50 bits per heavy atom. The zero-order valence-corrected chi connectivity index (χ0v) is 9.34. The van der Waals surface area contributed by atoms with Gasteiger partial charge in [-0.25, -0.2) is 4.79 Å². The lowest BCUT2D eigenvalue weighted by molar-refractivity contribution is -0.137. The maximum Gasteiger partial charge on any atom is 0.416 e. The number of hydrogen-bond donors (Lipinski definition) is 3. The number of methoxy groups -OCH3 is 1. The van der Waals surface area contributed by atoms with Gasteiger partial charge in [0.05, 0.1) is 25.0 Å². The highest BCUT2D eigenvalue weighted by Gasteiger charge is 2.32. The van der Waals surface area contributed by atoms with Gasteiger partial charge < -0.3 is 20.9 Å². The van der Waals surface area contributed by atoms with Gasteiger partial charge in [0.1, 0.15) is 5.75 Å². The first-order valence-electron chi connectivity index (χ1n) is 4.75. The van der Waals surface area contributed by atoms with Crippen molar-refractivity contribution in [1.29, 1.82) is 0 Å². The highest BCUT2D eigenvalue weighted by atomic mass is 19.4. The molecule has 1 aromatic carbocycles. The zero-order chi connectivity index (χ0) is 13.9. The van der Waals surface area contributed by atoms with E-state index in [0.717, 1.165) is 6.07 Å². The molecule has 0 aliphatic heterocycles. The molecule has 1 rings (SSSR count). The van der Waals surface area contributed by atoms with Crippen LogP contribution in [0.2, 0.25) is 0 Å². The van der Waals surface area contributed by atoms with Gasteiger partial charge in [0.25, 0.3) is 0 Å². The second-order valence-corrected chi connectivity index (χ2v) is 3.36. The van der Waals surface area contributed by atoms with E-state index in [4.69, 9.17) is 15.6 Å². The van der Waals surface area contributed by atoms with Gasteiger partial charge in [-0.2, -0.15) is 13.2 Å². The predicted octanol–water partition coefficient (Wildman–Crippen LogP) is 1.70. The molecule has 4 N–H and O–H groups in total. The molecule has 0 bridgehead atoms. The fraction of sp³-hybridized carbons (Fsp3) is 0.300. The molecule has 0 aliphatic carbocycles. The standard InChI is InChI=1S/C10H11F3N2O3/c1-18-8-5(4-16)2-6(10(11,12)13)3-7(8)15-9(14)17/h2-3,16H,4H2,1H3,(H3,14,15,17). The van der Waals surface area contributed by atoms with Crippen LogP contribution in [0.3, 0.4) is 0 Å². The van der Waals surface area contributed by atoms with E-state index in [1.807, 2.05) is 5.32 Å². The molecule has 0 saturated carbocycles. The van der Waals surface area contributed by atoms with Crippen LogP contribution in [0.5, 0.6) is 5.75 Å². The number of carbonyl (C=O) groups excluding carboxylic acids is 1. The molecule has 0 fully saturated rings. The first kappa shape index (κ1) is 14.1. The van der Waals surface area contributed by atoms with Gasteiger partial charge in [-0.05, 0) is 12.1 Å². The van der Waals surface area contributed by atoms with E-state index in [9.17, 15) is 18.0 Å². The second kappa shape index (κ2) is 5.13. The molecule has 5 nitrogen and oxygen atoms in total. The van der Waals surface area contributed by atoms with Crippen LogP contribution in [0.4, 0.5) is 23.7 Å². The largest absolute Gasteiger partial charge is 0.494 e. The number of ether oxygens (including phenoxy) is 1. The molecular weight excluding hydrogens is 253 g/mol. The lowest BCUT2D eigenvalue weighted by Gasteiger charge is -2.16. The van der Waals surface area contributed by atoms with Gasteiger partial charge in [-0.15, -0.1) is 0 Å². The van der Waals surface area contributed by atoms with Crippen LogP contribution in [0.1, 0.15) is 11.1 Å². The molecule has 0 heterocycles. The third kappa shape index (κ3) is 3.04. The Morgan fingerprint density at radius 3 is 2.50 bits per heavy atom. The van der Waals surface area contributed by atoms with Crippen LogP contribution in [0, 0.1) is 0 Å². The summed E-state index contributed by atoms with van der Waals surface area (Å²) >= 11 is 0. The Morgan fingerprint density at radius 2 is 2.11 bits per heavy atom. The molecule has 18 heavy (non-hydrogen) atoms. The minimum Gasteiger partial charge on any atom is -0.494 e. The molecule has 1 aromatic rings. The monoisotopic (exact) mass is 264 g/mol. The van der Waals surface area contributed by atoms with E-state index in [1.165, 1.54) is 7.11 Å². The molecule has 8 heteroatoms. The van der Waals surface area contributed by atoms with Crippen molar-refractivity contribution in [1.82, 2.24) is 0 Å². The maximum atomic E-state index is 12.6. The minimum absolute atomic E-state index is 0.0655. The summed E-state index contributed by atoms with van der Waals surface area (Å²) in [5.41, 5.74) is 3.48. The fourth-order valence-electron chi connectivity index (χ4n) is 1.44. The molecule has 0 radical (unpaired) electrons. The number of carbonyl (C=O) groups is 1. The lowest BCUT2D eigenvalue weighted by atomic mass is 10.1. The van der Waals surface area contributed by atoms with E-state index in [-0.39, 0.29) is 17.0 Å². The molecular formula is C10H11F3N2O3. The maximum absolute atomic E-state index is 12.6. The number of anilines is 1. The highest BCUT2D eigenvalue weighted by molar-refractivity contribution is 5.90. The summed E-state index contributed by atoms with van der Waals surface area (Å²) in [5, 5.41) is 11.0. The van der Waals surface area contributed by atoms with Gasteiger partial charge in [0.2, 0.25) is 0 Å². The number of aliphatic hydroxyl groups is 1. The number of primary amides is 1. The summed E-state index contributed by atoms with van der Waals surface area (Å²) in [7, 11) is 1.20. The third-order valence-electron chi connectivity index (χ3n) is 2.13. The number of amides is 2. The van der Waals surface area contributed by atoms with Crippen LogP contribution in [0.15, 0.2) is 12.1 Å². The summed E-state index contributed by atoms with van der Waals surface area (Å²) in [5.74, 6) is -0.0655. The normalized spacial score (nSPS) is 11.2. The van der Waals surface area contributed by atoms with Gasteiger partial charge in [-0.1, -0.05) is 0 Å². The average molecular weight is 264 g/mol. The number of hydrogen-bond acceptors (Lipinski definition) is 3. The molecule has 0 aromatic heterocycles. The smallest absolute Gasteiger partial charge is 0.416 e. The van der Waals surface area contributed by atoms with E-state index >= 15 is 0 Å². The van der Waals surface area contributed by atoms with Crippen molar-refractivity contribution in [3.8, 4) is 5.75 Å². The molecule has 0 saturated heterocycles. The van der Waals surface area contributed by atoms with Crippen LogP contribution in [0.25, 0.3) is 0 Å². The Balaban J connectivity index is 3.40. The van der Waals surface area contributed by atoms with Crippen molar-refractivity contribution in [2.75, 3.05) is 12.4 Å². The Bertz CT molecular complexity index is 460. The van der Waals surface area contributed by atoms with Gasteiger partial charge in [-0.3, -0.25) is 0 Å². The van der Waals surface area contributed by atoms with Crippen LogP contribution in [-0.2, 0) is 12.8 Å². The van der Waals surface area contributed by atoms with E-state index in [2.05, 4.69) is 0 Å². The quantitative estimate of drug-likeness (QED) is 0.776. The number of urea groups is 1. The number of rotatable bonds is 3. The van der Waals surface area contributed by atoms with E-state index in [0.29, 0.717) is 6.07 Å². The van der Waals surface area contributed by atoms with Gasteiger partial charge in [0.15, 0.2) is 0 Å². The Hall–Kier alpha value is -1.96. The molecule has 0 atom stereocenters. The molecule has 100 valence electrons. The number of alkyl halides is 3. The van der Waals surface area contributed by atoms with Crippen molar-refractivity contribution in [2.24, 2.45) is 5.73 Å². The Kier molecular flexibility index (Phi) is 4.02. The van der Waals surface area contributed by atoms with Gasteiger partial charge in [0, 0.05) is 5.56 Å². The van der Waals surface area contributed by atoms with Gasteiger partial charge >= 0.3 is 12.2 Å². The summed E-state index contributed by atoms with van der Waals surface area (Å²) in [6, 6.07) is 0.393. The molecule has 0 aliphatic rings. The summed E-state index contributed by atoms with van der Waals surface area (Å²) < 4.78 is 42.6. The lowest BCUT2D eigenvalue weighted by Crippen LogP contribution is -2.20. The molecule has 0 unspecified atom stereocenters. The fourth-order valence-corrected chi connectivity index (χ4v) is 1.44. The predicted molar refractivity (Wildman–Crippen MR) is 57.1 cm³/mol. The second-order valence-electron chi connectivity index (χ2n) is 3.36. The van der Waals surface area contributed by atoms with Crippen molar-refractivity contribution < 1.29 is 27.8 Å². The van der Waals surface area contributed by atoms with E-state index in [1.54, 1.807) is 0 Å². The van der Waals surface area contributed by atoms with Crippen molar-refractivity contribution in [3.05, 3.63) is 23.3 Å². The van der Waals surface area contributed by atoms with Crippen molar-refractivity contribution >= 4 is 11.7 Å². The number of benzene rings is 1. The third-order valence-corrected chi connectivity index (χ3v) is 2.13. The van der Waals surface area contributed by atoms with Crippen LogP contribution < -0.4 is 15.8 Å². The first-order chi connectivity index (χ1) is 8.29. The van der Waals surface area contributed by atoms with Crippen LogP contribution in [-0.4, -0.2) is 18.2 Å². The topological polar surface area (TPSA) is 84.6 Å². The molecule has 0 spiro atoms. The minimum atomic E-state index is -4.61. The summed E-state index contributed by atoms with van der Waals surface area (Å²) in [4.78, 5) is 10.7. The Labute approximate surface area is 100 Å². The van der Waals surface area contributed by atoms with Crippen molar-refractivity contribution in [2.45, 2.75) is 12.8 Å². The number of halogens is 3. The number of nitrogens with two attached hydrogens (primary N) is 1. The van der Waals surface area contributed by atoms with Crippen LogP contribution >= 0.6 is 0 Å². The highest BCUT2D eigenvalue weighted by Crippen LogP contribution is 2.37. The number of aliphatic hydroxyl groups excluding tert-OH is 1. The SMILES string of the molecule is COc1c(CO)cc(C(F)(F)F)cc1NC(N)=O. The zero-order valence-electron chi connectivity index (χ0n) is 9.34. The molecule has 2 amide bonds. The summed E-state index contributed by atoms with van der Waals surface area (Å²) in [6.45, 7) is -0.666. The average Bonchev–Trinajstić information content (AvgIpc) is 2.25.